The maximum atomic E-state index is 12.9. The molecule has 4 amide bonds. The molecule has 0 bridgehead atoms. The number of benzene rings is 1. The van der Waals surface area contributed by atoms with Crippen LogP contribution < -0.4 is 27.4 Å². The second-order valence-electron chi connectivity index (χ2n) is 8.46. The van der Waals surface area contributed by atoms with Crippen molar-refractivity contribution < 1.29 is 33.8 Å². The highest BCUT2D eigenvalue weighted by molar-refractivity contribution is 5.98. The molecular formula is C22H31N5O7. The fourth-order valence-electron chi connectivity index (χ4n) is 3.19. The topological polar surface area (TPSA) is 206 Å². The zero-order chi connectivity index (χ0) is 25.4. The normalized spacial score (nSPS) is 18.5. The fourth-order valence-corrected chi connectivity index (χ4v) is 3.19. The van der Waals surface area contributed by atoms with E-state index in [1.807, 2.05) is 13.8 Å². The Labute approximate surface area is 196 Å². The summed E-state index contributed by atoms with van der Waals surface area (Å²) in [5.41, 5.74) is 11.3. The van der Waals surface area contributed by atoms with Gasteiger partial charge in [0, 0.05) is 6.42 Å². The van der Waals surface area contributed by atoms with E-state index in [9.17, 15) is 29.1 Å². The number of nitrogens with two attached hydrogens (primary N) is 2. The van der Waals surface area contributed by atoms with E-state index in [2.05, 4.69) is 16.0 Å². The highest BCUT2D eigenvalue weighted by Crippen LogP contribution is 2.23. The largest absolute Gasteiger partial charge is 0.508 e. The lowest BCUT2D eigenvalue weighted by atomic mass is 10.0. The first-order valence-electron chi connectivity index (χ1n) is 10.8. The molecule has 12 heteroatoms. The van der Waals surface area contributed by atoms with E-state index >= 15 is 0 Å². The molecule has 0 saturated carbocycles. The average molecular weight is 478 g/mol. The first kappa shape index (κ1) is 26.7. The number of primary amides is 1. The number of phenols is 1. The highest BCUT2D eigenvalue weighted by atomic mass is 16.6. The Kier molecular flexibility index (Phi) is 9.51. The SMILES string of the molecule is CC(C)C[C@H](NC(=O)C1OC1C(=O)NCC(=O)CN)C(=O)N[C@@H](Cc1ccc(O)cc1)C(N)=O. The van der Waals surface area contributed by atoms with Gasteiger partial charge in [-0.15, -0.1) is 0 Å². The van der Waals surface area contributed by atoms with Crippen LogP contribution in [0.1, 0.15) is 25.8 Å². The number of amides is 4. The molecule has 1 heterocycles. The molecule has 0 aliphatic carbocycles. The minimum absolute atomic E-state index is 0.0154. The number of hydrogen-bond acceptors (Lipinski definition) is 8. The monoisotopic (exact) mass is 477 g/mol. The lowest BCUT2D eigenvalue weighted by Gasteiger charge is -2.23. The van der Waals surface area contributed by atoms with E-state index in [1.54, 1.807) is 12.1 Å². The molecule has 1 aromatic carbocycles. The van der Waals surface area contributed by atoms with Crippen molar-refractivity contribution in [2.45, 2.75) is 51.0 Å². The van der Waals surface area contributed by atoms with Gasteiger partial charge in [-0.2, -0.15) is 0 Å². The van der Waals surface area contributed by atoms with Crippen LogP contribution in [0.2, 0.25) is 0 Å². The van der Waals surface area contributed by atoms with Gasteiger partial charge in [0.15, 0.2) is 18.0 Å². The maximum Gasteiger partial charge on any atom is 0.253 e. The fraction of sp³-hybridized carbons (Fsp3) is 0.500. The van der Waals surface area contributed by atoms with Crippen LogP contribution in [0.15, 0.2) is 24.3 Å². The number of nitrogens with one attached hydrogen (secondary N) is 3. The number of Topliss-reactive ketones (excluding diaryl/α,β-unsaturated/α-hetero) is 1. The van der Waals surface area contributed by atoms with E-state index in [1.165, 1.54) is 12.1 Å². The molecule has 4 atom stereocenters. The number of rotatable bonds is 13. The van der Waals surface area contributed by atoms with E-state index in [0.717, 1.165) is 0 Å². The van der Waals surface area contributed by atoms with Crippen molar-refractivity contribution in [3.05, 3.63) is 29.8 Å². The minimum atomic E-state index is -1.10. The Morgan fingerprint density at radius 2 is 1.62 bits per heavy atom. The summed E-state index contributed by atoms with van der Waals surface area (Å²) in [4.78, 5) is 60.6. The molecule has 12 nitrogen and oxygen atoms in total. The van der Waals surface area contributed by atoms with Gasteiger partial charge in [0.1, 0.15) is 17.8 Å². The first-order chi connectivity index (χ1) is 16.0. The standard InChI is InChI=1S/C22H31N5O7/c1-11(2)7-16(27-22(33)18-17(34-18)21(32)25-10-14(29)9-23)20(31)26-15(19(24)30)8-12-3-5-13(28)6-4-12/h3-6,11,15-18,28H,7-10,23H2,1-2H3,(H2,24,30)(H,25,32)(H,26,31)(H,27,33)/t15-,16-,17?,18?/m0/s1. The number of ether oxygens (including phenoxy) is 1. The molecule has 186 valence electrons. The predicted octanol–water partition coefficient (Wildman–Crippen LogP) is -2.15. The molecule has 1 saturated heterocycles. The van der Waals surface area contributed by atoms with Gasteiger partial charge < -0.3 is 37.3 Å². The third kappa shape index (κ3) is 8.12. The van der Waals surface area contributed by atoms with Crippen molar-refractivity contribution in [1.29, 1.82) is 0 Å². The van der Waals surface area contributed by atoms with Gasteiger partial charge >= 0.3 is 0 Å². The van der Waals surface area contributed by atoms with E-state index < -0.39 is 47.9 Å². The molecule has 8 N–H and O–H groups in total. The molecule has 34 heavy (non-hydrogen) atoms. The molecule has 2 unspecified atom stereocenters. The van der Waals surface area contributed by atoms with Gasteiger partial charge in [-0.3, -0.25) is 24.0 Å². The second-order valence-corrected chi connectivity index (χ2v) is 8.46. The molecule has 1 aromatic rings. The van der Waals surface area contributed by atoms with Crippen LogP contribution in [-0.2, 0) is 35.1 Å². The number of ketones is 1. The summed E-state index contributed by atoms with van der Waals surface area (Å²) in [6.07, 6.45) is -1.81. The van der Waals surface area contributed by atoms with Crippen molar-refractivity contribution in [1.82, 2.24) is 16.0 Å². The summed E-state index contributed by atoms with van der Waals surface area (Å²) in [5.74, 6) is -2.97. The van der Waals surface area contributed by atoms with E-state index in [-0.39, 0.29) is 43.4 Å². The molecule has 1 aliphatic rings. The Hall–Kier alpha value is -3.51. The molecule has 0 aromatic heterocycles. The smallest absolute Gasteiger partial charge is 0.253 e. The van der Waals surface area contributed by atoms with Crippen LogP contribution in [0.4, 0.5) is 0 Å². The minimum Gasteiger partial charge on any atom is -0.508 e. The summed E-state index contributed by atoms with van der Waals surface area (Å²) in [7, 11) is 0. The lowest BCUT2D eigenvalue weighted by molar-refractivity contribution is -0.132. The number of phenolic OH excluding ortho intramolecular Hbond substituents is 1. The van der Waals surface area contributed by atoms with Gasteiger partial charge in [-0.05, 0) is 30.0 Å². The summed E-state index contributed by atoms with van der Waals surface area (Å²) >= 11 is 0. The Morgan fingerprint density at radius 1 is 1.00 bits per heavy atom. The van der Waals surface area contributed by atoms with Crippen LogP contribution >= 0.6 is 0 Å². The van der Waals surface area contributed by atoms with Gasteiger partial charge in [-0.25, -0.2) is 0 Å². The quantitative estimate of drug-likeness (QED) is 0.172. The van der Waals surface area contributed by atoms with Gasteiger partial charge in [0.05, 0.1) is 13.1 Å². The van der Waals surface area contributed by atoms with Crippen molar-refractivity contribution in [2.24, 2.45) is 17.4 Å². The highest BCUT2D eigenvalue weighted by Gasteiger charge is 2.51. The van der Waals surface area contributed by atoms with Gasteiger partial charge in [-0.1, -0.05) is 26.0 Å². The predicted molar refractivity (Wildman–Crippen MR) is 120 cm³/mol. The first-order valence-corrected chi connectivity index (χ1v) is 10.8. The molecule has 1 fully saturated rings. The Morgan fingerprint density at radius 3 is 2.18 bits per heavy atom. The second kappa shape index (κ2) is 12.1. The number of carbonyl (C=O) groups is 5. The molecule has 0 spiro atoms. The van der Waals surface area contributed by atoms with Crippen LogP contribution in [0.25, 0.3) is 0 Å². The third-order valence-electron chi connectivity index (χ3n) is 5.07. The third-order valence-corrected chi connectivity index (χ3v) is 5.07. The van der Waals surface area contributed by atoms with Crippen molar-refractivity contribution in [3.63, 3.8) is 0 Å². The van der Waals surface area contributed by atoms with E-state index in [0.29, 0.717) is 5.56 Å². The lowest BCUT2D eigenvalue weighted by Crippen LogP contribution is -2.54. The van der Waals surface area contributed by atoms with Gasteiger partial charge in [0.2, 0.25) is 11.8 Å². The number of carbonyl (C=O) groups excluding carboxylic acids is 5. The molecular weight excluding hydrogens is 446 g/mol. The van der Waals surface area contributed by atoms with Crippen LogP contribution in [0.3, 0.4) is 0 Å². The van der Waals surface area contributed by atoms with Crippen molar-refractivity contribution >= 4 is 29.4 Å². The zero-order valence-corrected chi connectivity index (χ0v) is 19.1. The molecule has 0 radical (unpaired) electrons. The zero-order valence-electron chi connectivity index (χ0n) is 19.1. The molecule has 2 rings (SSSR count). The van der Waals surface area contributed by atoms with Crippen LogP contribution in [0.5, 0.6) is 5.75 Å². The van der Waals surface area contributed by atoms with Crippen molar-refractivity contribution in [2.75, 3.05) is 13.1 Å². The maximum absolute atomic E-state index is 12.9. The number of aromatic hydroxyl groups is 1. The Balaban J connectivity index is 1.98. The number of hydrogen-bond donors (Lipinski definition) is 6. The van der Waals surface area contributed by atoms with Crippen LogP contribution in [-0.4, -0.2) is 71.9 Å². The summed E-state index contributed by atoms with van der Waals surface area (Å²) < 4.78 is 5.11. The number of epoxide rings is 1. The van der Waals surface area contributed by atoms with Crippen LogP contribution in [0, 0.1) is 5.92 Å². The van der Waals surface area contributed by atoms with E-state index in [4.69, 9.17) is 16.2 Å². The molecule has 1 aliphatic heterocycles. The van der Waals surface area contributed by atoms with Gasteiger partial charge in [0.25, 0.3) is 11.8 Å². The van der Waals surface area contributed by atoms with Crippen molar-refractivity contribution in [3.8, 4) is 5.75 Å². The summed E-state index contributed by atoms with van der Waals surface area (Å²) in [6.45, 7) is 3.22. The summed E-state index contributed by atoms with van der Waals surface area (Å²) in [5, 5.41) is 16.9. The average Bonchev–Trinajstić information content (AvgIpc) is 3.58. The Bertz CT molecular complexity index is 919. The summed E-state index contributed by atoms with van der Waals surface area (Å²) in [6, 6.07) is 4.06.